The zero-order valence-corrected chi connectivity index (χ0v) is 13.7. The summed E-state index contributed by atoms with van der Waals surface area (Å²) in [6.45, 7) is 3.71. The summed E-state index contributed by atoms with van der Waals surface area (Å²) in [7, 11) is 0. The monoisotopic (exact) mass is 350 g/mol. The van der Waals surface area contributed by atoms with Gasteiger partial charge in [-0.15, -0.1) is 5.10 Å². The summed E-state index contributed by atoms with van der Waals surface area (Å²) >= 11 is 0. The van der Waals surface area contributed by atoms with Crippen molar-refractivity contribution in [2.45, 2.75) is 38.9 Å². The molecule has 1 N–H and O–H groups in total. The van der Waals surface area contributed by atoms with Crippen molar-refractivity contribution in [3.05, 3.63) is 41.2 Å². The molecule has 1 fully saturated rings. The number of aryl methyl sites for hydroxylation is 1. The SMILES string of the molecule is CCCn1nnnc1CN1C(=O)NC(C)(c2ccc(F)cc2F)C1=O. The quantitative estimate of drug-likeness (QED) is 0.821. The first kappa shape index (κ1) is 16.9. The fourth-order valence-corrected chi connectivity index (χ4v) is 2.78. The Balaban J connectivity index is 1.90. The second kappa shape index (κ2) is 6.19. The number of rotatable bonds is 5. The van der Waals surface area contributed by atoms with E-state index in [1.807, 2.05) is 6.92 Å². The van der Waals surface area contributed by atoms with Crippen LogP contribution in [-0.4, -0.2) is 37.0 Å². The number of imide groups is 1. The van der Waals surface area contributed by atoms with Crippen LogP contribution in [0.25, 0.3) is 0 Å². The third kappa shape index (κ3) is 2.83. The largest absolute Gasteiger partial charge is 0.325 e. The van der Waals surface area contributed by atoms with Crippen LogP contribution in [0.3, 0.4) is 0 Å². The van der Waals surface area contributed by atoms with E-state index in [2.05, 4.69) is 20.8 Å². The Morgan fingerprint density at radius 3 is 2.72 bits per heavy atom. The van der Waals surface area contributed by atoms with Crippen LogP contribution in [0.15, 0.2) is 18.2 Å². The summed E-state index contributed by atoms with van der Waals surface area (Å²) in [6, 6.07) is 2.16. The molecule has 8 nitrogen and oxygen atoms in total. The number of tetrazole rings is 1. The van der Waals surface area contributed by atoms with E-state index in [4.69, 9.17) is 0 Å². The summed E-state index contributed by atoms with van der Waals surface area (Å²) in [6.07, 6.45) is 0.774. The molecule has 1 unspecified atom stereocenters. The minimum absolute atomic E-state index is 0.108. The number of amides is 3. The lowest BCUT2D eigenvalue weighted by atomic mass is 9.91. The van der Waals surface area contributed by atoms with Gasteiger partial charge in [0.1, 0.15) is 17.2 Å². The number of benzene rings is 1. The lowest BCUT2D eigenvalue weighted by molar-refractivity contribution is -0.131. The molecule has 1 saturated heterocycles. The molecule has 3 rings (SSSR count). The molecule has 0 spiro atoms. The van der Waals surface area contributed by atoms with Crippen molar-refractivity contribution >= 4 is 11.9 Å². The smallest absolute Gasteiger partial charge is 0.319 e. The maximum atomic E-state index is 14.1. The number of carbonyl (C=O) groups excluding carboxylic acids is 2. The number of hydrogen-bond donors (Lipinski definition) is 1. The fraction of sp³-hybridized carbons (Fsp3) is 0.400. The van der Waals surface area contributed by atoms with Crippen LogP contribution in [0.5, 0.6) is 0 Å². The molecule has 3 amide bonds. The molecule has 132 valence electrons. The van der Waals surface area contributed by atoms with Gasteiger partial charge in [0.25, 0.3) is 5.91 Å². The van der Waals surface area contributed by atoms with Crippen LogP contribution in [0, 0.1) is 11.6 Å². The Morgan fingerprint density at radius 1 is 1.28 bits per heavy atom. The van der Waals surface area contributed by atoms with Gasteiger partial charge in [-0.2, -0.15) is 0 Å². The van der Waals surface area contributed by atoms with Gasteiger partial charge in [-0.05, 0) is 29.8 Å². The van der Waals surface area contributed by atoms with Gasteiger partial charge in [-0.1, -0.05) is 13.0 Å². The summed E-state index contributed by atoms with van der Waals surface area (Å²) in [5, 5.41) is 13.6. The number of carbonyl (C=O) groups is 2. The lowest BCUT2D eigenvalue weighted by Crippen LogP contribution is -2.41. The first-order chi connectivity index (χ1) is 11.9. The van der Waals surface area contributed by atoms with Gasteiger partial charge >= 0.3 is 6.03 Å². The van der Waals surface area contributed by atoms with Crippen molar-refractivity contribution in [1.29, 1.82) is 0 Å². The third-order valence-electron chi connectivity index (χ3n) is 4.09. The Kier molecular flexibility index (Phi) is 4.19. The molecule has 1 aromatic carbocycles. The number of aromatic nitrogens is 4. The van der Waals surface area contributed by atoms with Gasteiger partial charge in [-0.3, -0.25) is 9.69 Å². The van der Waals surface area contributed by atoms with Gasteiger partial charge in [0.2, 0.25) is 0 Å². The highest BCUT2D eigenvalue weighted by Crippen LogP contribution is 2.31. The van der Waals surface area contributed by atoms with E-state index >= 15 is 0 Å². The number of halogens is 2. The minimum atomic E-state index is -1.63. The molecule has 0 bridgehead atoms. The number of hydrogen-bond acceptors (Lipinski definition) is 5. The van der Waals surface area contributed by atoms with Crippen molar-refractivity contribution in [1.82, 2.24) is 30.4 Å². The van der Waals surface area contributed by atoms with Crippen molar-refractivity contribution < 1.29 is 18.4 Å². The van der Waals surface area contributed by atoms with Crippen LogP contribution in [0.4, 0.5) is 13.6 Å². The van der Waals surface area contributed by atoms with Crippen molar-refractivity contribution in [3.8, 4) is 0 Å². The Morgan fingerprint density at radius 2 is 2.04 bits per heavy atom. The summed E-state index contributed by atoms with van der Waals surface area (Å²) < 4.78 is 28.7. The summed E-state index contributed by atoms with van der Waals surface area (Å²) in [5.74, 6) is -1.99. The van der Waals surface area contributed by atoms with Crippen molar-refractivity contribution in [2.75, 3.05) is 0 Å². The predicted molar refractivity (Wildman–Crippen MR) is 80.9 cm³/mol. The first-order valence-corrected chi connectivity index (χ1v) is 7.71. The molecule has 0 radical (unpaired) electrons. The topological polar surface area (TPSA) is 93.0 Å². The highest BCUT2D eigenvalue weighted by molar-refractivity contribution is 6.07. The molecule has 1 aliphatic rings. The van der Waals surface area contributed by atoms with E-state index in [9.17, 15) is 18.4 Å². The minimum Gasteiger partial charge on any atom is -0.319 e. The number of nitrogens with one attached hydrogen (secondary N) is 1. The molecule has 0 aliphatic carbocycles. The van der Waals surface area contributed by atoms with E-state index in [-0.39, 0.29) is 12.1 Å². The van der Waals surface area contributed by atoms with Crippen LogP contribution < -0.4 is 5.32 Å². The van der Waals surface area contributed by atoms with Crippen molar-refractivity contribution in [3.63, 3.8) is 0 Å². The highest BCUT2D eigenvalue weighted by Gasteiger charge is 2.50. The molecule has 10 heteroatoms. The molecule has 0 saturated carbocycles. The Labute approximate surface area is 141 Å². The number of nitrogens with zero attached hydrogens (tertiary/aromatic N) is 5. The van der Waals surface area contributed by atoms with Crippen LogP contribution in [-0.2, 0) is 23.4 Å². The maximum Gasteiger partial charge on any atom is 0.325 e. The zero-order chi connectivity index (χ0) is 18.2. The molecule has 1 aliphatic heterocycles. The normalized spacial score (nSPS) is 20.2. The van der Waals surface area contributed by atoms with E-state index in [0.29, 0.717) is 18.4 Å². The second-order valence-corrected chi connectivity index (χ2v) is 5.89. The lowest BCUT2D eigenvalue weighted by Gasteiger charge is -2.22. The third-order valence-corrected chi connectivity index (χ3v) is 4.09. The fourth-order valence-electron chi connectivity index (χ4n) is 2.78. The van der Waals surface area contributed by atoms with Gasteiger partial charge in [0.15, 0.2) is 5.82 Å². The summed E-state index contributed by atoms with van der Waals surface area (Å²) in [5.41, 5.74) is -1.74. The zero-order valence-electron chi connectivity index (χ0n) is 13.7. The molecule has 2 heterocycles. The first-order valence-electron chi connectivity index (χ1n) is 7.71. The molecule has 25 heavy (non-hydrogen) atoms. The van der Waals surface area contributed by atoms with Crippen molar-refractivity contribution in [2.24, 2.45) is 0 Å². The van der Waals surface area contributed by atoms with Gasteiger partial charge < -0.3 is 5.32 Å². The molecule has 2 aromatic rings. The van der Waals surface area contributed by atoms with Gasteiger partial charge in [-0.25, -0.2) is 18.3 Å². The average molecular weight is 350 g/mol. The van der Waals surface area contributed by atoms with Crippen LogP contribution in [0.1, 0.15) is 31.7 Å². The van der Waals surface area contributed by atoms with E-state index < -0.39 is 29.1 Å². The maximum absolute atomic E-state index is 14.1. The second-order valence-electron chi connectivity index (χ2n) is 5.89. The summed E-state index contributed by atoms with van der Waals surface area (Å²) in [4.78, 5) is 26.0. The van der Waals surface area contributed by atoms with Gasteiger partial charge in [0, 0.05) is 18.2 Å². The molecular formula is C15H16F2N6O2. The van der Waals surface area contributed by atoms with E-state index in [0.717, 1.165) is 23.5 Å². The molecule has 1 atom stereocenters. The average Bonchev–Trinajstić information content (AvgIpc) is 3.06. The van der Waals surface area contributed by atoms with E-state index in [1.165, 1.54) is 11.6 Å². The predicted octanol–water partition coefficient (Wildman–Crippen LogP) is 1.33. The van der Waals surface area contributed by atoms with Gasteiger partial charge in [0.05, 0.1) is 6.54 Å². The van der Waals surface area contributed by atoms with Crippen LogP contribution in [0.2, 0.25) is 0 Å². The van der Waals surface area contributed by atoms with E-state index in [1.54, 1.807) is 0 Å². The Hall–Kier alpha value is -2.91. The Bertz CT molecular complexity index is 839. The number of urea groups is 1. The highest BCUT2D eigenvalue weighted by atomic mass is 19.1. The molecular weight excluding hydrogens is 334 g/mol. The van der Waals surface area contributed by atoms with Crippen LogP contribution >= 0.6 is 0 Å². The molecule has 1 aromatic heterocycles. The standard InChI is InChI=1S/C15H16F2N6O2/c1-3-6-23-12(19-20-21-23)8-22-13(24)15(2,18-14(22)25)10-5-4-9(16)7-11(10)17/h4-5,7H,3,6,8H2,1-2H3,(H,18,25).